The average molecular weight is 419 g/mol. The van der Waals surface area contributed by atoms with Crippen LogP contribution in [-0.4, -0.2) is 17.8 Å². The number of rotatable bonds is 5. The number of nitrogens with zero attached hydrogens (tertiary/aromatic N) is 3. The van der Waals surface area contributed by atoms with E-state index in [1.54, 1.807) is 18.2 Å². The van der Waals surface area contributed by atoms with Gasteiger partial charge in [0.2, 0.25) is 5.96 Å². The molecule has 1 saturated carbocycles. The number of amidine groups is 1. The Hall–Kier alpha value is -3.61. The topological polar surface area (TPSA) is 78.0 Å². The Kier molecular flexibility index (Phi) is 6.31. The molecule has 1 fully saturated rings. The molecule has 31 heavy (non-hydrogen) atoms. The van der Waals surface area contributed by atoms with Crippen LogP contribution in [0.1, 0.15) is 32.1 Å². The summed E-state index contributed by atoms with van der Waals surface area (Å²) in [5.41, 5.74) is 7.51. The first-order valence-electron chi connectivity index (χ1n) is 10.6. The number of hydrogen-bond donors (Lipinski definition) is 3. The van der Waals surface area contributed by atoms with Gasteiger partial charge < -0.3 is 16.4 Å². The molecule has 1 heterocycles. The summed E-state index contributed by atoms with van der Waals surface area (Å²) >= 11 is 0. The summed E-state index contributed by atoms with van der Waals surface area (Å²) in [5.74, 6) is 1.13. The zero-order valence-corrected chi connectivity index (χ0v) is 17.4. The van der Waals surface area contributed by atoms with Gasteiger partial charge in [-0.05, 0) is 37.1 Å². The molecule has 4 rings (SSSR count). The predicted molar refractivity (Wildman–Crippen MR) is 125 cm³/mol. The summed E-state index contributed by atoms with van der Waals surface area (Å²) in [5, 5.41) is 6.51. The Morgan fingerprint density at radius 2 is 1.81 bits per heavy atom. The largest absolute Gasteiger partial charge is 0.403 e. The second kappa shape index (κ2) is 9.47. The van der Waals surface area contributed by atoms with Gasteiger partial charge in [-0.25, -0.2) is 14.4 Å². The van der Waals surface area contributed by atoms with Crippen LogP contribution in [-0.2, 0) is 0 Å². The number of halogens is 1. The smallest absolute Gasteiger partial charge is 0.214 e. The highest BCUT2D eigenvalue weighted by Gasteiger charge is 2.31. The fraction of sp³-hybridized carbons (Fsp3) is 0.250. The van der Waals surface area contributed by atoms with E-state index >= 15 is 0 Å². The normalized spacial score (nSPS) is 19.5. The molecule has 7 heteroatoms. The quantitative estimate of drug-likeness (QED) is 0.657. The average Bonchev–Trinajstić information content (AvgIpc) is 3.13. The maximum atomic E-state index is 14.3. The molecule has 2 aliphatic rings. The van der Waals surface area contributed by atoms with Crippen molar-refractivity contribution in [1.29, 1.82) is 0 Å². The van der Waals surface area contributed by atoms with Gasteiger partial charge in [-0.3, -0.25) is 4.90 Å². The van der Waals surface area contributed by atoms with Crippen LogP contribution < -0.4 is 21.3 Å². The molecule has 1 aliphatic heterocycles. The lowest BCUT2D eigenvalue weighted by atomic mass is 9.96. The standard InChI is InChI=1S/C24H27FN6/c1-17(27-18-10-4-2-5-11-18)28-23-22(16-26)30-24(29-21-15-9-8-14-20(21)25)31(23)19-12-6-3-7-13-19/h3,6-9,12-16,18,27H,1-2,4-5,10-11,26H2,(H,29,30)/b22-16+,28-23+. The first kappa shape index (κ1) is 20.7. The maximum absolute atomic E-state index is 14.3. The van der Waals surface area contributed by atoms with Crippen LogP contribution >= 0.6 is 0 Å². The van der Waals surface area contributed by atoms with E-state index in [2.05, 4.69) is 22.2 Å². The fourth-order valence-electron chi connectivity index (χ4n) is 3.88. The molecule has 1 aliphatic carbocycles. The minimum atomic E-state index is -0.370. The Bertz CT molecular complexity index is 1020. The highest BCUT2D eigenvalue weighted by molar-refractivity contribution is 6.32. The van der Waals surface area contributed by atoms with Crippen LogP contribution in [0.15, 0.2) is 88.9 Å². The first-order chi connectivity index (χ1) is 15.2. The molecule has 6 nitrogen and oxygen atoms in total. The third-order valence-electron chi connectivity index (χ3n) is 5.39. The number of nitrogens with one attached hydrogen (secondary N) is 2. The molecule has 0 spiro atoms. The SMILES string of the molecule is C=C(/N=C1\C(=C/N)N=C(Nc2ccccc2F)N1c1ccccc1)NC1CCCCC1. The third kappa shape index (κ3) is 4.77. The number of anilines is 2. The van der Waals surface area contributed by atoms with Gasteiger partial charge in [0.25, 0.3) is 0 Å². The molecule has 2 aromatic rings. The molecule has 0 bridgehead atoms. The molecule has 2 aromatic carbocycles. The maximum Gasteiger partial charge on any atom is 0.214 e. The van der Waals surface area contributed by atoms with Crippen molar-refractivity contribution in [3.05, 3.63) is 84.7 Å². The van der Waals surface area contributed by atoms with Gasteiger partial charge in [-0.2, -0.15) is 0 Å². The second-order valence-electron chi connectivity index (χ2n) is 7.62. The van der Waals surface area contributed by atoms with Crippen molar-refractivity contribution < 1.29 is 4.39 Å². The number of nitrogens with two attached hydrogens (primary N) is 1. The van der Waals surface area contributed by atoms with Crippen molar-refractivity contribution in [2.75, 3.05) is 10.2 Å². The number of benzene rings is 2. The van der Waals surface area contributed by atoms with E-state index in [4.69, 9.17) is 10.7 Å². The van der Waals surface area contributed by atoms with Crippen LogP contribution in [0.25, 0.3) is 0 Å². The Balaban J connectivity index is 1.66. The summed E-state index contributed by atoms with van der Waals surface area (Å²) in [6, 6.07) is 16.5. The first-order valence-corrected chi connectivity index (χ1v) is 10.6. The van der Waals surface area contributed by atoms with E-state index in [9.17, 15) is 4.39 Å². The van der Waals surface area contributed by atoms with Crippen LogP contribution in [0.5, 0.6) is 0 Å². The summed E-state index contributed by atoms with van der Waals surface area (Å²) in [6.45, 7) is 4.11. The molecular weight excluding hydrogens is 391 g/mol. The minimum Gasteiger partial charge on any atom is -0.403 e. The van der Waals surface area contributed by atoms with Gasteiger partial charge in [-0.1, -0.05) is 56.2 Å². The van der Waals surface area contributed by atoms with Crippen LogP contribution in [0, 0.1) is 5.82 Å². The van der Waals surface area contributed by atoms with Crippen LogP contribution in [0.3, 0.4) is 0 Å². The zero-order valence-electron chi connectivity index (χ0n) is 17.4. The van der Waals surface area contributed by atoms with Crippen LogP contribution in [0.4, 0.5) is 15.8 Å². The van der Waals surface area contributed by atoms with E-state index in [1.807, 2.05) is 35.2 Å². The molecule has 0 saturated heterocycles. The number of aliphatic imine (C=N–C) groups is 2. The zero-order chi connectivity index (χ0) is 21.6. The van der Waals surface area contributed by atoms with Crippen molar-refractivity contribution in [3.8, 4) is 0 Å². The molecule has 4 N–H and O–H groups in total. The monoisotopic (exact) mass is 418 g/mol. The van der Waals surface area contributed by atoms with Crippen molar-refractivity contribution in [2.24, 2.45) is 15.7 Å². The number of para-hydroxylation sites is 2. The van der Waals surface area contributed by atoms with Crippen molar-refractivity contribution in [3.63, 3.8) is 0 Å². The summed E-state index contributed by atoms with van der Waals surface area (Å²) in [6.07, 6.45) is 7.33. The highest BCUT2D eigenvalue weighted by atomic mass is 19.1. The van der Waals surface area contributed by atoms with E-state index in [0.717, 1.165) is 18.5 Å². The second-order valence-corrected chi connectivity index (χ2v) is 7.62. The van der Waals surface area contributed by atoms with Gasteiger partial charge in [0, 0.05) is 12.2 Å². The Labute approximate surface area is 182 Å². The van der Waals surface area contributed by atoms with Gasteiger partial charge in [0.15, 0.2) is 5.84 Å². The van der Waals surface area contributed by atoms with E-state index in [-0.39, 0.29) is 5.82 Å². The van der Waals surface area contributed by atoms with Gasteiger partial charge in [-0.15, -0.1) is 0 Å². The minimum absolute atomic E-state index is 0.318. The predicted octanol–water partition coefficient (Wildman–Crippen LogP) is 4.71. The van der Waals surface area contributed by atoms with Crippen LogP contribution in [0.2, 0.25) is 0 Å². The van der Waals surface area contributed by atoms with E-state index in [1.165, 1.54) is 31.5 Å². The lowest BCUT2D eigenvalue weighted by Crippen LogP contribution is -2.38. The highest BCUT2D eigenvalue weighted by Crippen LogP contribution is 2.27. The summed E-state index contributed by atoms with van der Waals surface area (Å²) in [7, 11) is 0. The molecule has 160 valence electrons. The summed E-state index contributed by atoms with van der Waals surface area (Å²) in [4.78, 5) is 11.1. The number of hydrogen-bond acceptors (Lipinski definition) is 5. The van der Waals surface area contributed by atoms with Crippen molar-refractivity contribution in [2.45, 2.75) is 38.1 Å². The molecule has 0 unspecified atom stereocenters. The molecule has 0 atom stereocenters. The van der Waals surface area contributed by atoms with Crippen molar-refractivity contribution >= 4 is 23.2 Å². The van der Waals surface area contributed by atoms with Gasteiger partial charge >= 0.3 is 0 Å². The Morgan fingerprint density at radius 3 is 2.52 bits per heavy atom. The fourth-order valence-corrected chi connectivity index (χ4v) is 3.88. The van der Waals surface area contributed by atoms with Gasteiger partial charge in [0.1, 0.15) is 17.3 Å². The molecule has 0 aromatic heterocycles. The van der Waals surface area contributed by atoms with E-state index in [0.29, 0.717) is 35.0 Å². The molecular formula is C24H27FN6. The molecule has 0 radical (unpaired) electrons. The molecule has 0 amide bonds. The Morgan fingerprint density at radius 1 is 1.10 bits per heavy atom. The lowest BCUT2D eigenvalue weighted by molar-refractivity contribution is 0.396. The summed E-state index contributed by atoms with van der Waals surface area (Å²) < 4.78 is 14.3. The number of guanidine groups is 1. The van der Waals surface area contributed by atoms with Crippen molar-refractivity contribution in [1.82, 2.24) is 5.32 Å². The van der Waals surface area contributed by atoms with E-state index < -0.39 is 0 Å². The van der Waals surface area contributed by atoms with Gasteiger partial charge in [0.05, 0.1) is 11.4 Å². The lowest BCUT2D eigenvalue weighted by Gasteiger charge is -2.25. The third-order valence-corrected chi connectivity index (χ3v) is 5.39.